The molecular formula is C18H30NO3+. The van der Waals surface area contributed by atoms with Gasteiger partial charge in [-0.3, -0.25) is 0 Å². The quantitative estimate of drug-likeness (QED) is 0.475. The molecule has 4 heteroatoms. The van der Waals surface area contributed by atoms with E-state index < -0.39 is 0 Å². The van der Waals surface area contributed by atoms with Crippen molar-refractivity contribution in [2.24, 2.45) is 0 Å². The second-order valence-electron chi connectivity index (χ2n) is 5.34. The van der Waals surface area contributed by atoms with Crippen molar-refractivity contribution in [2.75, 3.05) is 33.5 Å². The van der Waals surface area contributed by atoms with Crippen molar-refractivity contribution in [3.8, 4) is 11.5 Å². The highest BCUT2D eigenvalue weighted by Gasteiger charge is 2.05. The number of hydrogen-bond donors (Lipinski definition) is 1. The van der Waals surface area contributed by atoms with Crippen LogP contribution in [0.25, 0.3) is 0 Å². The van der Waals surface area contributed by atoms with Gasteiger partial charge in [-0.25, -0.2) is 0 Å². The molecule has 0 aromatic heterocycles. The molecular weight excluding hydrogens is 278 g/mol. The summed E-state index contributed by atoms with van der Waals surface area (Å²) in [7, 11) is 1.66. The molecule has 0 heterocycles. The minimum atomic E-state index is 0.555. The van der Waals surface area contributed by atoms with E-state index in [0.717, 1.165) is 36.6 Å². The number of allylic oxidation sites excluding steroid dienone is 1. The van der Waals surface area contributed by atoms with E-state index in [1.54, 1.807) is 7.11 Å². The highest BCUT2D eigenvalue weighted by molar-refractivity contribution is 5.41. The van der Waals surface area contributed by atoms with Crippen LogP contribution in [-0.2, 0) is 11.2 Å². The molecule has 0 saturated carbocycles. The zero-order valence-corrected chi connectivity index (χ0v) is 14.1. The summed E-state index contributed by atoms with van der Waals surface area (Å²) >= 11 is 0. The summed E-state index contributed by atoms with van der Waals surface area (Å²) in [6, 6.07) is 6.50. The van der Waals surface area contributed by atoms with E-state index in [2.05, 4.69) is 25.7 Å². The molecule has 22 heavy (non-hydrogen) atoms. The fraction of sp³-hybridized carbons (Fsp3) is 0.556. The third-order valence-electron chi connectivity index (χ3n) is 3.59. The molecule has 4 nitrogen and oxygen atoms in total. The Balaban J connectivity index is 2.28. The van der Waals surface area contributed by atoms with Gasteiger partial charge >= 0.3 is 0 Å². The van der Waals surface area contributed by atoms with Crippen LogP contribution in [0, 0.1) is 0 Å². The number of rotatable bonds is 12. The van der Waals surface area contributed by atoms with Gasteiger partial charge in [0.1, 0.15) is 18.1 Å². The molecule has 0 aliphatic carbocycles. The second-order valence-corrected chi connectivity index (χ2v) is 5.34. The number of methoxy groups -OCH3 is 1. The average Bonchev–Trinajstić information content (AvgIpc) is 2.54. The molecule has 0 radical (unpaired) electrons. The molecule has 0 spiro atoms. The first-order valence-corrected chi connectivity index (χ1v) is 8.02. The highest BCUT2D eigenvalue weighted by atomic mass is 16.5. The van der Waals surface area contributed by atoms with Crippen LogP contribution in [0.5, 0.6) is 11.5 Å². The predicted molar refractivity (Wildman–Crippen MR) is 89.8 cm³/mol. The van der Waals surface area contributed by atoms with Crippen molar-refractivity contribution in [3.05, 3.63) is 36.4 Å². The lowest BCUT2D eigenvalue weighted by molar-refractivity contribution is -0.687. The van der Waals surface area contributed by atoms with Gasteiger partial charge in [-0.15, -0.1) is 6.58 Å². The maximum Gasteiger partial charge on any atom is 0.123 e. The molecule has 1 rings (SSSR count). The molecule has 0 aliphatic rings. The number of nitrogens with two attached hydrogens (primary N) is 1. The Bertz CT molecular complexity index is 434. The summed E-state index contributed by atoms with van der Waals surface area (Å²) in [6.45, 7) is 11.1. The summed E-state index contributed by atoms with van der Waals surface area (Å²) in [5, 5.41) is 2.31. The molecule has 1 aromatic carbocycles. The van der Waals surface area contributed by atoms with Crippen LogP contribution in [0.4, 0.5) is 0 Å². The lowest BCUT2D eigenvalue weighted by atomic mass is 10.1. The normalized spacial score (nSPS) is 12.0. The molecule has 1 atom stereocenters. The summed E-state index contributed by atoms with van der Waals surface area (Å²) in [5.74, 6) is 1.71. The maximum atomic E-state index is 5.80. The van der Waals surface area contributed by atoms with Gasteiger partial charge < -0.3 is 19.5 Å². The Labute approximate surface area is 134 Å². The minimum absolute atomic E-state index is 0.555. The van der Waals surface area contributed by atoms with Crippen LogP contribution in [0.1, 0.15) is 25.8 Å². The second kappa shape index (κ2) is 11.1. The van der Waals surface area contributed by atoms with E-state index in [9.17, 15) is 0 Å². The Morgan fingerprint density at radius 2 is 2.09 bits per heavy atom. The lowest BCUT2D eigenvalue weighted by Crippen LogP contribution is -2.90. The lowest BCUT2D eigenvalue weighted by Gasteiger charge is -2.12. The predicted octanol–water partition coefficient (Wildman–Crippen LogP) is 2.18. The Morgan fingerprint density at radius 1 is 1.27 bits per heavy atom. The number of ether oxygens (including phenoxy) is 3. The first kappa shape index (κ1) is 18.5. The maximum absolute atomic E-state index is 5.80. The number of benzene rings is 1. The smallest absolute Gasteiger partial charge is 0.123 e. The van der Waals surface area contributed by atoms with Crippen LogP contribution >= 0.6 is 0 Å². The molecule has 2 N–H and O–H groups in total. The van der Waals surface area contributed by atoms with Gasteiger partial charge in [-0.1, -0.05) is 13.0 Å². The molecule has 124 valence electrons. The fourth-order valence-electron chi connectivity index (χ4n) is 2.05. The molecule has 0 saturated heterocycles. The van der Waals surface area contributed by atoms with Crippen molar-refractivity contribution in [2.45, 2.75) is 32.7 Å². The van der Waals surface area contributed by atoms with Gasteiger partial charge in [0.05, 0.1) is 32.9 Å². The van der Waals surface area contributed by atoms with E-state index in [0.29, 0.717) is 19.3 Å². The monoisotopic (exact) mass is 308 g/mol. The van der Waals surface area contributed by atoms with E-state index in [4.69, 9.17) is 14.2 Å². The molecule has 0 aliphatic heterocycles. The van der Waals surface area contributed by atoms with Crippen LogP contribution in [0.3, 0.4) is 0 Å². The first-order chi connectivity index (χ1) is 10.7. The van der Waals surface area contributed by atoms with Crippen LogP contribution in [0.2, 0.25) is 0 Å². The largest absolute Gasteiger partial charge is 0.497 e. The van der Waals surface area contributed by atoms with Crippen LogP contribution < -0.4 is 14.8 Å². The van der Waals surface area contributed by atoms with Crippen LogP contribution in [-0.4, -0.2) is 39.5 Å². The topological polar surface area (TPSA) is 44.3 Å². The van der Waals surface area contributed by atoms with Crippen molar-refractivity contribution >= 4 is 0 Å². The van der Waals surface area contributed by atoms with E-state index >= 15 is 0 Å². The standard InChI is InChI=1S/C18H29NO3/c1-5-7-16-14-17(20-4)8-9-18(16)22-13-12-21-11-10-19-15(3)6-2/h5,8-9,14-15,19H,1,6-7,10-13H2,2-4H3/p+1/t15-/m1/s1. The number of quaternary nitrogens is 1. The summed E-state index contributed by atoms with van der Waals surface area (Å²) in [5.41, 5.74) is 1.08. The molecule has 1 aromatic rings. The number of hydrogen-bond acceptors (Lipinski definition) is 3. The summed E-state index contributed by atoms with van der Waals surface area (Å²) in [6.07, 6.45) is 3.81. The molecule has 0 bridgehead atoms. The van der Waals surface area contributed by atoms with Gasteiger partial charge in [-0.2, -0.15) is 0 Å². The third kappa shape index (κ3) is 6.96. The zero-order valence-electron chi connectivity index (χ0n) is 14.1. The minimum Gasteiger partial charge on any atom is -0.497 e. The van der Waals surface area contributed by atoms with E-state index in [1.165, 1.54) is 6.42 Å². The molecule has 0 fully saturated rings. The zero-order chi connectivity index (χ0) is 16.2. The van der Waals surface area contributed by atoms with E-state index in [1.807, 2.05) is 24.3 Å². The first-order valence-electron chi connectivity index (χ1n) is 8.02. The van der Waals surface area contributed by atoms with Crippen molar-refractivity contribution in [3.63, 3.8) is 0 Å². The third-order valence-corrected chi connectivity index (χ3v) is 3.59. The van der Waals surface area contributed by atoms with Crippen molar-refractivity contribution in [1.82, 2.24) is 0 Å². The molecule has 0 unspecified atom stereocenters. The Kier molecular flexibility index (Phi) is 9.35. The van der Waals surface area contributed by atoms with Gasteiger partial charge in [0.2, 0.25) is 0 Å². The van der Waals surface area contributed by atoms with Gasteiger partial charge in [0.15, 0.2) is 0 Å². The summed E-state index contributed by atoms with van der Waals surface area (Å²) < 4.78 is 16.6. The average molecular weight is 308 g/mol. The van der Waals surface area contributed by atoms with Crippen molar-refractivity contribution < 1.29 is 19.5 Å². The van der Waals surface area contributed by atoms with Crippen molar-refractivity contribution in [1.29, 1.82) is 0 Å². The fourth-order valence-corrected chi connectivity index (χ4v) is 2.05. The van der Waals surface area contributed by atoms with Crippen LogP contribution in [0.15, 0.2) is 30.9 Å². The van der Waals surface area contributed by atoms with Gasteiger partial charge in [-0.05, 0) is 38.0 Å². The Hall–Kier alpha value is -1.52. The van der Waals surface area contributed by atoms with E-state index in [-0.39, 0.29) is 0 Å². The summed E-state index contributed by atoms with van der Waals surface area (Å²) in [4.78, 5) is 0. The highest BCUT2D eigenvalue weighted by Crippen LogP contribution is 2.24. The van der Waals surface area contributed by atoms with Gasteiger partial charge in [0.25, 0.3) is 0 Å². The van der Waals surface area contributed by atoms with Gasteiger partial charge in [0, 0.05) is 5.56 Å². The SMILES string of the molecule is C=CCc1cc(OC)ccc1OCCOCC[NH2+][C@H](C)CC. The molecule has 0 amide bonds. The Morgan fingerprint density at radius 3 is 2.77 bits per heavy atom.